The van der Waals surface area contributed by atoms with Crippen molar-refractivity contribution < 1.29 is 33.2 Å². The Kier molecular flexibility index (Phi) is 15.6. The highest BCUT2D eigenvalue weighted by Gasteiger charge is 2.61. The lowest BCUT2D eigenvalue weighted by Crippen LogP contribution is -2.75. The van der Waals surface area contributed by atoms with Crippen LogP contribution in [0.5, 0.6) is 0 Å². The SMILES string of the molecule is COCCn1c(SC=CC2=C(C(=O)OC(c3ccccc3)c3ccccc3)N3C(=O)C(NC(=O)C(=NOC)c4csc(NC(c5ccccc5)(c5ccccc5)c5ccccc5)n4)C3[S+]([O-])C2)n[nH]c(=O)c1=O. The number of thiazole rings is 1. The van der Waals surface area contributed by atoms with Crippen molar-refractivity contribution in [2.24, 2.45) is 5.16 Å². The number of nitrogens with one attached hydrogen (secondary N) is 3. The number of nitrogens with zero attached hydrogens (tertiary/aromatic N) is 5. The van der Waals surface area contributed by atoms with Crippen LogP contribution in [0.15, 0.2) is 200 Å². The molecule has 3 atom stereocenters. The number of aromatic amines is 1. The first kappa shape index (κ1) is 50.1. The van der Waals surface area contributed by atoms with Gasteiger partial charge in [0.05, 0.1) is 13.2 Å². The summed E-state index contributed by atoms with van der Waals surface area (Å²) >= 11 is 0.274. The van der Waals surface area contributed by atoms with E-state index in [1.807, 2.05) is 152 Å². The summed E-state index contributed by atoms with van der Waals surface area (Å²) in [5.41, 5.74) is 1.26. The Labute approximate surface area is 429 Å². The van der Waals surface area contributed by atoms with Crippen molar-refractivity contribution >= 4 is 62.9 Å². The standard InChI is InChI=1S/C53H46N8O9S3/c1-68-30-29-60-48(65)46(63)57-58-52(60)71-31-28-36-33-73(67)49-42(47(64)61(49)43(36)50(66)70-44(34-18-8-3-9-19-34)35-20-10-4-11-21-35)55-45(62)41(59-69-2)40-32-72-51(54-40)56-53(37-22-12-5-13-23-37,38-24-14-6-15-25-38)39-26-16-7-17-27-39/h3-28,31-32,42,44,49H,29-30,33H2,1-2H3,(H,54,56)(H,55,62)(H,57,63). The van der Waals surface area contributed by atoms with Gasteiger partial charge in [-0.05, 0) is 50.5 Å². The van der Waals surface area contributed by atoms with Crippen LogP contribution in [-0.2, 0) is 52.0 Å². The van der Waals surface area contributed by atoms with Crippen molar-refractivity contribution in [3.05, 3.63) is 234 Å². The summed E-state index contributed by atoms with van der Waals surface area (Å²) in [6, 6.07) is 46.5. The number of allylic oxidation sites excluding steroid dienone is 1. The molecule has 0 spiro atoms. The molecule has 7 aromatic rings. The monoisotopic (exact) mass is 1030 g/mol. The van der Waals surface area contributed by atoms with E-state index in [1.165, 1.54) is 37.0 Å². The van der Waals surface area contributed by atoms with Gasteiger partial charge in [-0.3, -0.25) is 28.6 Å². The minimum absolute atomic E-state index is 0.0267. The second-order valence-corrected chi connectivity index (χ2v) is 19.7. The van der Waals surface area contributed by atoms with Gasteiger partial charge in [0.1, 0.15) is 29.8 Å². The minimum Gasteiger partial charge on any atom is -0.614 e. The molecule has 0 bridgehead atoms. The van der Waals surface area contributed by atoms with Crippen LogP contribution in [0.3, 0.4) is 0 Å². The summed E-state index contributed by atoms with van der Waals surface area (Å²) in [6.45, 7) is 0.140. The van der Waals surface area contributed by atoms with Gasteiger partial charge in [0.15, 0.2) is 28.1 Å². The predicted molar refractivity (Wildman–Crippen MR) is 278 cm³/mol. The number of rotatable bonds is 19. The first-order valence-corrected chi connectivity index (χ1v) is 25.9. The summed E-state index contributed by atoms with van der Waals surface area (Å²) in [6.07, 6.45) is 0.565. The summed E-state index contributed by atoms with van der Waals surface area (Å²) in [5, 5.41) is 19.1. The molecule has 2 aliphatic heterocycles. The molecular formula is C53H46N8O9S3. The summed E-state index contributed by atoms with van der Waals surface area (Å²) < 4.78 is 26.9. The zero-order valence-electron chi connectivity index (χ0n) is 39.2. The quantitative estimate of drug-likeness (QED) is 0.0122. The number of carbonyl (C=O) groups excluding carboxylic acids is 3. The number of ether oxygens (including phenoxy) is 2. The van der Waals surface area contributed by atoms with E-state index in [1.54, 1.807) is 5.38 Å². The van der Waals surface area contributed by atoms with Crippen LogP contribution in [0.25, 0.3) is 0 Å². The number of carbonyl (C=O) groups is 3. The number of H-pyrrole nitrogens is 1. The van der Waals surface area contributed by atoms with E-state index in [2.05, 4.69) is 26.0 Å². The summed E-state index contributed by atoms with van der Waals surface area (Å²) in [4.78, 5) is 79.5. The van der Waals surface area contributed by atoms with Gasteiger partial charge in [-0.2, -0.15) is 0 Å². The maximum atomic E-state index is 14.7. The molecular weight excluding hydrogens is 989 g/mol. The molecule has 1 fully saturated rings. The second kappa shape index (κ2) is 22.7. The molecule has 370 valence electrons. The molecule has 3 unspecified atom stereocenters. The van der Waals surface area contributed by atoms with E-state index in [0.717, 1.165) is 37.9 Å². The second-order valence-electron chi connectivity index (χ2n) is 16.4. The number of anilines is 1. The number of esters is 1. The zero-order valence-corrected chi connectivity index (χ0v) is 41.6. The van der Waals surface area contributed by atoms with Crippen LogP contribution in [0.1, 0.15) is 39.6 Å². The van der Waals surface area contributed by atoms with E-state index < -0.39 is 63.1 Å². The summed E-state index contributed by atoms with van der Waals surface area (Å²) in [7, 11) is 2.72. The van der Waals surface area contributed by atoms with Crippen molar-refractivity contribution in [2.45, 2.75) is 34.8 Å². The van der Waals surface area contributed by atoms with Gasteiger partial charge in [-0.25, -0.2) is 14.9 Å². The molecule has 0 aliphatic carbocycles. The van der Waals surface area contributed by atoms with Gasteiger partial charge in [-0.15, -0.1) is 16.4 Å². The van der Waals surface area contributed by atoms with Crippen LogP contribution in [0.2, 0.25) is 0 Å². The molecule has 0 saturated carbocycles. The lowest BCUT2D eigenvalue weighted by atomic mass is 9.77. The van der Waals surface area contributed by atoms with E-state index in [4.69, 9.17) is 19.3 Å². The highest BCUT2D eigenvalue weighted by Crippen LogP contribution is 2.42. The van der Waals surface area contributed by atoms with Crippen LogP contribution < -0.4 is 21.8 Å². The van der Waals surface area contributed by atoms with Crippen LogP contribution in [0, 0.1) is 0 Å². The van der Waals surface area contributed by atoms with Gasteiger partial charge in [0, 0.05) is 18.1 Å². The number of aromatic nitrogens is 4. The number of methoxy groups -OCH3 is 1. The number of β-lactam (4-membered cyclic amide) rings is 1. The average Bonchev–Trinajstić information content (AvgIpc) is 3.89. The Bertz CT molecular complexity index is 3170. The molecule has 73 heavy (non-hydrogen) atoms. The smallest absolute Gasteiger partial charge is 0.356 e. The van der Waals surface area contributed by atoms with Crippen LogP contribution in [-0.4, -0.2) is 90.7 Å². The number of oxime groups is 1. The highest BCUT2D eigenvalue weighted by atomic mass is 32.2. The molecule has 2 aliphatic rings. The molecule has 9 rings (SSSR count). The molecule has 20 heteroatoms. The maximum absolute atomic E-state index is 14.7. The first-order valence-electron chi connectivity index (χ1n) is 22.7. The Morgan fingerprint density at radius 2 is 1.44 bits per heavy atom. The molecule has 5 aromatic carbocycles. The number of hydrogen-bond acceptors (Lipinski definition) is 15. The van der Waals surface area contributed by atoms with Crippen molar-refractivity contribution in [3.63, 3.8) is 0 Å². The van der Waals surface area contributed by atoms with E-state index in [9.17, 15) is 28.5 Å². The number of fused-ring (bicyclic) bond motifs is 1. The van der Waals surface area contributed by atoms with E-state index in [-0.39, 0.29) is 46.7 Å². The number of amides is 2. The third-order valence-electron chi connectivity index (χ3n) is 12.0. The molecule has 0 radical (unpaired) electrons. The fourth-order valence-electron chi connectivity index (χ4n) is 8.62. The maximum Gasteiger partial charge on any atom is 0.356 e. The Balaban J connectivity index is 1.02. The largest absolute Gasteiger partial charge is 0.614 e. The normalized spacial score (nSPS) is 16.8. The van der Waals surface area contributed by atoms with Gasteiger partial charge in [-0.1, -0.05) is 169 Å². The van der Waals surface area contributed by atoms with Gasteiger partial charge in [0.2, 0.25) is 5.37 Å². The molecule has 4 heterocycles. The minimum atomic E-state index is -1.90. The fraction of sp³-hybridized carbons (Fsp3) is 0.170. The topological polar surface area (TPSA) is 222 Å². The molecule has 1 saturated heterocycles. The summed E-state index contributed by atoms with van der Waals surface area (Å²) in [5.74, 6) is -2.72. The molecule has 2 aromatic heterocycles. The third kappa shape index (κ3) is 10.4. The predicted octanol–water partition coefficient (Wildman–Crippen LogP) is 6.10. The number of thioether (sulfide) groups is 1. The lowest BCUT2D eigenvalue weighted by Gasteiger charge is -2.49. The number of hydrogen-bond donors (Lipinski definition) is 3. The van der Waals surface area contributed by atoms with Crippen molar-refractivity contribution in [1.82, 2.24) is 30.0 Å². The Morgan fingerprint density at radius 1 is 0.877 bits per heavy atom. The fourth-order valence-corrected chi connectivity index (χ4v) is 11.8. The van der Waals surface area contributed by atoms with Gasteiger partial charge in [0.25, 0.3) is 11.8 Å². The molecule has 3 N–H and O–H groups in total. The molecule has 17 nitrogen and oxygen atoms in total. The van der Waals surface area contributed by atoms with Gasteiger partial charge < -0.3 is 29.5 Å². The van der Waals surface area contributed by atoms with E-state index >= 15 is 0 Å². The van der Waals surface area contributed by atoms with Crippen LogP contribution >= 0.6 is 23.1 Å². The van der Waals surface area contributed by atoms with Crippen molar-refractivity contribution in [3.8, 4) is 0 Å². The Hall–Kier alpha value is -7.88. The third-order valence-corrected chi connectivity index (χ3v) is 15.2. The number of benzene rings is 5. The average molecular weight is 1040 g/mol. The van der Waals surface area contributed by atoms with Crippen molar-refractivity contribution in [2.75, 3.05) is 31.9 Å². The Morgan fingerprint density at radius 3 is 1.99 bits per heavy atom. The lowest BCUT2D eigenvalue weighted by molar-refractivity contribution is -0.154. The van der Waals surface area contributed by atoms with E-state index in [0.29, 0.717) is 16.3 Å². The van der Waals surface area contributed by atoms with Gasteiger partial charge >= 0.3 is 17.1 Å². The zero-order chi connectivity index (χ0) is 50.9. The first-order chi connectivity index (χ1) is 35.6. The van der Waals surface area contributed by atoms with Crippen molar-refractivity contribution in [1.29, 1.82) is 0 Å². The van der Waals surface area contributed by atoms with Crippen LogP contribution in [0.4, 0.5) is 5.13 Å². The highest BCUT2D eigenvalue weighted by molar-refractivity contribution is 8.02. The molecule has 2 amide bonds.